The first-order valence-electron chi connectivity index (χ1n) is 17.7. The molecule has 2 aromatic carbocycles. The van der Waals surface area contributed by atoms with Gasteiger partial charge in [-0.15, -0.1) is 6.58 Å². The van der Waals surface area contributed by atoms with Crippen LogP contribution in [0.5, 0.6) is 0 Å². The molecule has 2 aromatic rings. The Labute approximate surface area is 280 Å². The highest BCUT2D eigenvalue weighted by atomic mass is 16.3. The molecule has 1 aliphatic carbocycles. The number of aliphatic hydroxyl groups excluding tert-OH is 2. The van der Waals surface area contributed by atoms with E-state index in [4.69, 9.17) is 9.90 Å². The van der Waals surface area contributed by atoms with Gasteiger partial charge in [0.15, 0.2) is 0 Å². The fourth-order valence-corrected chi connectivity index (χ4v) is 6.98. The quantitative estimate of drug-likeness (QED) is 0.0824. The number of nitrogens with zero attached hydrogens (tertiary/aromatic N) is 2. The average Bonchev–Trinajstić information content (AvgIpc) is 3.06. The summed E-state index contributed by atoms with van der Waals surface area (Å²) in [6, 6.07) is 21.6. The molecule has 6 heteroatoms. The molecule has 0 spiro atoms. The second-order valence-corrected chi connectivity index (χ2v) is 14.3. The van der Waals surface area contributed by atoms with Crippen LogP contribution in [-0.2, 0) is 4.79 Å². The predicted octanol–water partition coefficient (Wildman–Crippen LogP) is 7.97. The third kappa shape index (κ3) is 14.5. The van der Waals surface area contributed by atoms with Crippen LogP contribution in [0.15, 0.2) is 73.3 Å². The molecule has 3 N–H and O–H groups in total. The van der Waals surface area contributed by atoms with Crippen LogP contribution in [0.25, 0.3) is 0 Å². The van der Waals surface area contributed by atoms with Gasteiger partial charge >= 0.3 is 0 Å². The number of hydrogen-bond acceptors (Lipinski definition) is 5. The fourth-order valence-electron chi connectivity index (χ4n) is 6.98. The SMILES string of the molecule is C=CC(CN(CCCC1CCCC(c2ccccc2)C1)CCCN(C)C(C)(C)C)C(O)C(CCCCO)c1ccccc1.O=CO. The Balaban J connectivity index is 0.00000236. The van der Waals surface area contributed by atoms with Gasteiger partial charge in [-0.1, -0.05) is 86.0 Å². The van der Waals surface area contributed by atoms with Gasteiger partial charge in [-0.2, -0.15) is 0 Å². The summed E-state index contributed by atoms with van der Waals surface area (Å²) in [6.07, 6.45) is 13.0. The smallest absolute Gasteiger partial charge is 0.290 e. The number of benzene rings is 2. The van der Waals surface area contributed by atoms with E-state index in [2.05, 4.69) is 98.8 Å². The van der Waals surface area contributed by atoms with Crippen LogP contribution >= 0.6 is 0 Å². The van der Waals surface area contributed by atoms with Crippen molar-refractivity contribution in [2.75, 3.05) is 39.8 Å². The Kier molecular flexibility index (Phi) is 19.1. The van der Waals surface area contributed by atoms with Crippen molar-refractivity contribution in [3.05, 3.63) is 84.4 Å². The summed E-state index contributed by atoms with van der Waals surface area (Å²) in [7, 11) is 2.23. The lowest BCUT2D eigenvalue weighted by molar-refractivity contribution is -0.122. The van der Waals surface area contributed by atoms with Gasteiger partial charge in [0.25, 0.3) is 6.47 Å². The molecule has 1 fully saturated rings. The molecule has 5 atom stereocenters. The van der Waals surface area contributed by atoms with E-state index in [1.807, 2.05) is 12.1 Å². The maximum absolute atomic E-state index is 11.8. The van der Waals surface area contributed by atoms with Gasteiger partial charge in [0.1, 0.15) is 0 Å². The first kappa shape index (κ1) is 39.7. The number of aliphatic hydroxyl groups is 2. The largest absolute Gasteiger partial charge is 0.483 e. The molecule has 0 aliphatic heterocycles. The zero-order valence-corrected chi connectivity index (χ0v) is 29.3. The fraction of sp³-hybridized carbons (Fsp3) is 0.625. The van der Waals surface area contributed by atoms with Crippen molar-refractivity contribution in [2.45, 2.75) is 108 Å². The van der Waals surface area contributed by atoms with Gasteiger partial charge in [0, 0.05) is 30.5 Å². The molecule has 0 bridgehead atoms. The van der Waals surface area contributed by atoms with E-state index in [0.717, 1.165) is 57.8 Å². The Morgan fingerprint density at radius 1 is 0.935 bits per heavy atom. The molecule has 6 nitrogen and oxygen atoms in total. The number of carbonyl (C=O) groups is 1. The summed E-state index contributed by atoms with van der Waals surface area (Å²) in [5, 5.41) is 28.1. The van der Waals surface area contributed by atoms with Crippen LogP contribution in [0.1, 0.15) is 108 Å². The van der Waals surface area contributed by atoms with Crippen LogP contribution in [0.3, 0.4) is 0 Å². The minimum atomic E-state index is -0.497. The summed E-state index contributed by atoms with van der Waals surface area (Å²) in [5.41, 5.74) is 2.87. The maximum atomic E-state index is 11.8. The lowest BCUT2D eigenvalue weighted by Gasteiger charge is -2.35. The van der Waals surface area contributed by atoms with Gasteiger partial charge in [-0.3, -0.25) is 4.79 Å². The van der Waals surface area contributed by atoms with Crippen LogP contribution in [0.2, 0.25) is 0 Å². The molecule has 1 saturated carbocycles. The van der Waals surface area contributed by atoms with E-state index in [1.54, 1.807) is 0 Å². The second-order valence-electron chi connectivity index (χ2n) is 14.3. The third-order valence-corrected chi connectivity index (χ3v) is 10.0. The molecular formula is C40H64N2O4. The molecule has 5 unspecified atom stereocenters. The van der Waals surface area contributed by atoms with Crippen LogP contribution < -0.4 is 0 Å². The van der Waals surface area contributed by atoms with Crippen molar-refractivity contribution in [1.82, 2.24) is 9.80 Å². The van der Waals surface area contributed by atoms with Gasteiger partial charge in [0.05, 0.1) is 6.10 Å². The predicted molar refractivity (Wildman–Crippen MR) is 192 cm³/mol. The molecule has 46 heavy (non-hydrogen) atoms. The Morgan fingerprint density at radius 3 is 2.17 bits per heavy atom. The molecular weight excluding hydrogens is 572 g/mol. The van der Waals surface area contributed by atoms with Crippen LogP contribution in [0.4, 0.5) is 0 Å². The van der Waals surface area contributed by atoms with Gasteiger partial charge in [-0.25, -0.2) is 0 Å². The van der Waals surface area contributed by atoms with Gasteiger partial charge in [0.2, 0.25) is 0 Å². The second kappa shape index (κ2) is 22.1. The topological polar surface area (TPSA) is 84.2 Å². The first-order valence-corrected chi connectivity index (χ1v) is 17.7. The van der Waals surface area contributed by atoms with Crippen molar-refractivity contribution in [3.63, 3.8) is 0 Å². The van der Waals surface area contributed by atoms with Crippen molar-refractivity contribution >= 4 is 6.47 Å². The van der Waals surface area contributed by atoms with E-state index < -0.39 is 6.10 Å². The Morgan fingerprint density at radius 2 is 1.57 bits per heavy atom. The molecule has 3 rings (SSSR count). The van der Waals surface area contributed by atoms with E-state index in [9.17, 15) is 10.2 Å². The molecule has 0 aromatic heterocycles. The molecule has 0 heterocycles. The lowest BCUT2D eigenvalue weighted by atomic mass is 9.76. The van der Waals surface area contributed by atoms with Crippen molar-refractivity contribution in [1.29, 1.82) is 0 Å². The molecule has 0 radical (unpaired) electrons. The van der Waals surface area contributed by atoms with E-state index >= 15 is 0 Å². The maximum Gasteiger partial charge on any atom is 0.290 e. The summed E-state index contributed by atoms with van der Waals surface area (Å²) in [4.78, 5) is 13.4. The summed E-state index contributed by atoms with van der Waals surface area (Å²) < 4.78 is 0. The van der Waals surface area contributed by atoms with Gasteiger partial charge in [-0.05, 0) is 115 Å². The van der Waals surface area contributed by atoms with E-state index in [-0.39, 0.29) is 30.5 Å². The summed E-state index contributed by atoms with van der Waals surface area (Å²) in [5.74, 6) is 1.56. The minimum absolute atomic E-state index is 0.00294. The highest BCUT2D eigenvalue weighted by Gasteiger charge is 2.29. The third-order valence-electron chi connectivity index (χ3n) is 10.0. The minimum Gasteiger partial charge on any atom is -0.483 e. The molecule has 0 saturated heterocycles. The molecule has 1 aliphatic rings. The Hall–Kier alpha value is -2.51. The van der Waals surface area contributed by atoms with Crippen molar-refractivity contribution in [3.8, 4) is 0 Å². The molecule has 258 valence electrons. The number of carboxylic acid groups (broad SMARTS) is 1. The lowest BCUT2D eigenvalue weighted by Crippen LogP contribution is -2.41. The zero-order chi connectivity index (χ0) is 33.8. The summed E-state index contributed by atoms with van der Waals surface area (Å²) >= 11 is 0. The summed E-state index contributed by atoms with van der Waals surface area (Å²) in [6.45, 7) is 15.0. The first-order chi connectivity index (χ1) is 22.1. The monoisotopic (exact) mass is 636 g/mol. The number of hydrogen-bond donors (Lipinski definition) is 3. The van der Waals surface area contributed by atoms with Gasteiger partial charge < -0.3 is 25.1 Å². The van der Waals surface area contributed by atoms with E-state index in [0.29, 0.717) is 5.92 Å². The number of rotatable bonds is 19. The van der Waals surface area contributed by atoms with Crippen LogP contribution in [-0.4, -0.2) is 83.1 Å². The zero-order valence-electron chi connectivity index (χ0n) is 29.3. The van der Waals surface area contributed by atoms with Crippen LogP contribution in [0, 0.1) is 11.8 Å². The van der Waals surface area contributed by atoms with E-state index in [1.165, 1.54) is 49.7 Å². The molecule has 0 amide bonds. The normalized spacial score (nSPS) is 18.8. The van der Waals surface area contributed by atoms with Crippen molar-refractivity contribution < 1.29 is 20.1 Å². The highest BCUT2D eigenvalue weighted by molar-refractivity contribution is 5.32. The standard InChI is InChI=1S/C39H62N2O2.CH2O2/c1-6-33(38(43)37(25-13-14-29-42)35-22-11-8-12-23-35)31-41(28-17-26-40(5)39(2,3)4)27-16-19-32-18-15-24-36(30-32)34-20-9-7-10-21-34;2-1-3/h6-12,20-23,32-33,36-38,42-43H,1,13-19,24-31H2,2-5H3;1H,(H,2,3). The Bertz CT molecular complexity index is 1060. The average molecular weight is 637 g/mol. The number of unbranched alkanes of at least 4 members (excludes halogenated alkanes) is 1. The highest BCUT2D eigenvalue weighted by Crippen LogP contribution is 2.38. The van der Waals surface area contributed by atoms with Crippen molar-refractivity contribution in [2.24, 2.45) is 11.8 Å².